The molecular weight excluding hydrogens is 232 g/mol. The zero-order chi connectivity index (χ0) is 12.8. The summed E-state index contributed by atoms with van der Waals surface area (Å²) in [5.74, 6) is -0.232. The summed E-state index contributed by atoms with van der Waals surface area (Å²) in [7, 11) is 0. The van der Waals surface area contributed by atoms with Crippen molar-refractivity contribution in [2.24, 2.45) is 5.73 Å². The lowest BCUT2D eigenvalue weighted by atomic mass is 10.4. The van der Waals surface area contributed by atoms with E-state index in [0.717, 1.165) is 5.69 Å². The molecule has 0 spiro atoms. The number of hydrogen-bond acceptors (Lipinski definition) is 5. The van der Waals surface area contributed by atoms with Crippen molar-refractivity contribution in [1.82, 2.24) is 24.8 Å². The number of rotatable bonds is 5. The fourth-order valence-electron chi connectivity index (χ4n) is 1.43. The Labute approximate surface area is 104 Å². The smallest absolute Gasteiger partial charge is 0.271 e. The van der Waals surface area contributed by atoms with Crippen molar-refractivity contribution in [3.63, 3.8) is 0 Å². The molecular formula is C11H14N6O. The van der Waals surface area contributed by atoms with Gasteiger partial charge in [0.05, 0.1) is 18.6 Å². The molecule has 0 saturated heterocycles. The topological polar surface area (TPSA) is 98.7 Å². The van der Waals surface area contributed by atoms with Crippen LogP contribution in [0.3, 0.4) is 0 Å². The molecule has 94 valence electrons. The van der Waals surface area contributed by atoms with Gasteiger partial charge in [0.1, 0.15) is 12.0 Å². The van der Waals surface area contributed by atoms with Crippen LogP contribution in [-0.2, 0) is 13.1 Å². The van der Waals surface area contributed by atoms with Crippen LogP contribution in [0.5, 0.6) is 0 Å². The molecule has 1 amide bonds. The molecule has 0 aliphatic heterocycles. The van der Waals surface area contributed by atoms with E-state index in [9.17, 15) is 4.79 Å². The maximum Gasteiger partial charge on any atom is 0.271 e. The highest BCUT2D eigenvalue weighted by Crippen LogP contribution is 1.97. The summed E-state index contributed by atoms with van der Waals surface area (Å²) >= 11 is 0. The first-order valence-electron chi connectivity index (χ1n) is 5.54. The lowest BCUT2D eigenvalue weighted by molar-refractivity contribution is 0.0946. The lowest BCUT2D eigenvalue weighted by Crippen LogP contribution is -2.23. The second kappa shape index (κ2) is 5.87. The Morgan fingerprint density at radius 3 is 3.06 bits per heavy atom. The number of hydrogen-bond donors (Lipinski definition) is 2. The third-order valence-corrected chi connectivity index (χ3v) is 2.33. The van der Waals surface area contributed by atoms with E-state index in [1.54, 1.807) is 29.4 Å². The highest BCUT2D eigenvalue weighted by Gasteiger charge is 2.08. The maximum atomic E-state index is 11.8. The zero-order valence-corrected chi connectivity index (χ0v) is 9.78. The Morgan fingerprint density at radius 1 is 1.44 bits per heavy atom. The molecule has 0 aliphatic rings. The molecule has 0 atom stereocenters. The Kier molecular flexibility index (Phi) is 3.98. The zero-order valence-electron chi connectivity index (χ0n) is 9.78. The summed E-state index contributed by atoms with van der Waals surface area (Å²) in [6.07, 6.45) is 6.33. The van der Waals surface area contributed by atoms with Crippen molar-refractivity contribution in [3.05, 3.63) is 42.5 Å². The minimum absolute atomic E-state index is 0.232. The van der Waals surface area contributed by atoms with E-state index in [1.165, 1.54) is 6.33 Å². The van der Waals surface area contributed by atoms with Crippen molar-refractivity contribution < 1.29 is 4.79 Å². The first-order valence-corrected chi connectivity index (χ1v) is 5.54. The number of aromatic nitrogens is 4. The van der Waals surface area contributed by atoms with Crippen LogP contribution >= 0.6 is 0 Å². The molecule has 7 heteroatoms. The van der Waals surface area contributed by atoms with Crippen molar-refractivity contribution in [3.8, 4) is 0 Å². The van der Waals surface area contributed by atoms with Gasteiger partial charge in [-0.05, 0) is 6.07 Å². The van der Waals surface area contributed by atoms with E-state index in [1.807, 2.05) is 0 Å². The average molecular weight is 246 g/mol. The largest absolute Gasteiger partial charge is 0.345 e. The van der Waals surface area contributed by atoms with E-state index in [0.29, 0.717) is 25.3 Å². The van der Waals surface area contributed by atoms with Gasteiger partial charge in [0.25, 0.3) is 5.91 Å². The van der Waals surface area contributed by atoms with Crippen LogP contribution < -0.4 is 11.1 Å². The first-order chi connectivity index (χ1) is 8.79. The maximum absolute atomic E-state index is 11.8. The van der Waals surface area contributed by atoms with Crippen molar-refractivity contribution >= 4 is 5.91 Å². The molecule has 2 aromatic rings. The molecule has 0 radical (unpaired) electrons. The molecule has 2 heterocycles. The van der Waals surface area contributed by atoms with Crippen LogP contribution in [0, 0.1) is 0 Å². The van der Waals surface area contributed by atoms with Gasteiger partial charge in [0.15, 0.2) is 0 Å². The van der Waals surface area contributed by atoms with Gasteiger partial charge >= 0.3 is 0 Å². The van der Waals surface area contributed by atoms with E-state index in [4.69, 9.17) is 5.73 Å². The minimum Gasteiger partial charge on any atom is -0.345 e. The van der Waals surface area contributed by atoms with Gasteiger partial charge in [-0.25, -0.2) is 15.0 Å². The third-order valence-electron chi connectivity index (χ3n) is 2.33. The molecule has 0 unspecified atom stereocenters. The van der Waals surface area contributed by atoms with Crippen LogP contribution in [-0.4, -0.2) is 32.0 Å². The summed E-state index contributed by atoms with van der Waals surface area (Å²) in [4.78, 5) is 23.6. The molecule has 3 N–H and O–H groups in total. The van der Waals surface area contributed by atoms with Crippen molar-refractivity contribution in [2.45, 2.75) is 13.1 Å². The summed E-state index contributed by atoms with van der Waals surface area (Å²) < 4.78 is 1.78. The van der Waals surface area contributed by atoms with Gasteiger partial charge in [-0.15, -0.1) is 0 Å². The van der Waals surface area contributed by atoms with Gasteiger partial charge in [-0.3, -0.25) is 4.79 Å². The summed E-state index contributed by atoms with van der Waals surface area (Å²) in [5, 5.41) is 2.73. The van der Waals surface area contributed by atoms with Crippen LogP contribution in [0.1, 0.15) is 16.2 Å². The highest BCUT2D eigenvalue weighted by atomic mass is 16.1. The minimum atomic E-state index is -0.232. The predicted molar refractivity (Wildman–Crippen MR) is 64.5 cm³/mol. The molecule has 0 fully saturated rings. The molecule has 18 heavy (non-hydrogen) atoms. The Morgan fingerprint density at radius 2 is 2.33 bits per heavy atom. The molecule has 2 aromatic heterocycles. The van der Waals surface area contributed by atoms with E-state index in [2.05, 4.69) is 20.3 Å². The molecule has 0 aliphatic carbocycles. The molecule has 7 nitrogen and oxygen atoms in total. The van der Waals surface area contributed by atoms with Crippen LogP contribution in [0.25, 0.3) is 0 Å². The molecule has 0 aromatic carbocycles. The molecule has 0 bridgehead atoms. The quantitative estimate of drug-likeness (QED) is 0.745. The Balaban J connectivity index is 1.91. The van der Waals surface area contributed by atoms with Crippen LogP contribution in [0.4, 0.5) is 0 Å². The third kappa shape index (κ3) is 3.11. The van der Waals surface area contributed by atoms with E-state index in [-0.39, 0.29) is 5.91 Å². The number of nitrogens with zero attached hydrogens (tertiary/aromatic N) is 4. The van der Waals surface area contributed by atoms with E-state index >= 15 is 0 Å². The van der Waals surface area contributed by atoms with Gasteiger partial charge in [0.2, 0.25) is 0 Å². The SMILES string of the molecule is NCCn1cnc(C(=O)NCc2ccncn2)c1. The van der Waals surface area contributed by atoms with Crippen molar-refractivity contribution in [2.75, 3.05) is 6.54 Å². The number of nitrogens with one attached hydrogen (secondary N) is 1. The average Bonchev–Trinajstić information content (AvgIpc) is 2.86. The normalized spacial score (nSPS) is 10.3. The second-order valence-corrected chi connectivity index (χ2v) is 3.67. The van der Waals surface area contributed by atoms with Crippen molar-refractivity contribution in [1.29, 1.82) is 0 Å². The van der Waals surface area contributed by atoms with Gasteiger partial charge in [0, 0.05) is 25.5 Å². The summed E-state index contributed by atoms with van der Waals surface area (Å²) in [6, 6.07) is 1.74. The first kappa shape index (κ1) is 12.2. The number of nitrogens with two attached hydrogens (primary N) is 1. The van der Waals surface area contributed by atoms with Crippen LogP contribution in [0.2, 0.25) is 0 Å². The monoisotopic (exact) mass is 246 g/mol. The number of imidazole rings is 1. The fraction of sp³-hybridized carbons (Fsp3) is 0.273. The van der Waals surface area contributed by atoms with Gasteiger partial charge < -0.3 is 15.6 Å². The summed E-state index contributed by atoms with van der Waals surface area (Å²) in [6.45, 7) is 1.51. The number of carbonyl (C=O) groups is 1. The molecule has 2 rings (SSSR count). The Bertz CT molecular complexity index is 509. The second-order valence-electron chi connectivity index (χ2n) is 3.67. The fourth-order valence-corrected chi connectivity index (χ4v) is 1.43. The highest BCUT2D eigenvalue weighted by molar-refractivity contribution is 5.91. The van der Waals surface area contributed by atoms with Crippen LogP contribution in [0.15, 0.2) is 31.1 Å². The predicted octanol–water partition coefficient (Wildman–Crippen LogP) is -0.438. The Hall–Kier alpha value is -2.28. The number of carbonyl (C=O) groups excluding carboxylic acids is 1. The van der Waals surface area contributed by atoms with Gasteiger partial charge in [-0.2, -0.15) is 0 Å². The number of amides is 1. The van der Waals surface area contributed by atoms with E-state index < -0.39 is 0 Å². The lowest BCUT2D eigenvalue weighted by Gasteiger charge is -2.01. The molecule has 0 saturated carbocycles. The standard InChI is InChI=1S/C11H14N6O/c12-2-4-17-6-10(16-8-17)11(18)14-5-9-1-3-13-7-15-9/h1,3,6-8H,2,4-5,12H2,(H,14,18). The summed E-state index contributed by atoms with van der Waals surface area (Å²) in [5.41, 5.74) is 6.54. The van der Waals surface area contributed by atoms with Gasteiger partial charge in [-0.1, -0.05) is 0 Å².